The minimum Gasteiger partial charge on any atom is -0.441 e. The van der Waals surface area contributed by atoms with Crippen LogP contribution in [0.1, 0.15) is 50.8 Å². The van der Waals surface area contributed by atoms with Gasteiger partial charge in [0.25, 0.3) is 0 Å². The summed E-state index contributed by atoms with van der Waals surface area (Å²) in [6.45, 7) is 0. The highest BCUT2D eigenvalue weighted by Crippen LogP contribution is 2.18. The van der Waals surface area contributed by atoms with Gasteiger partial charge in [0, 0.05) is 18.9 Å². The van der Waals surface area contributed by atoms with E-state index in [9.17, 15) is 4.79 Å². The predicted molar refractivity (Wildman–Crippen MR) is 82.0 cm³/mol. The van der Waals surface area contributed by atoms with Crippen molar-refractivity contribution in [2.45, 2.75) is 57.4 Å². The lowest BCUT2D eigenvalue weighted by Crippen LogP contribution is -2.34. The number of nitrogens with zero attached hydrogens (tertiary/aromatic N) is 1. The van der Waals surface area contributed by atoms with Crippen LogP contribution in [-0.2, 0) is 11.2 Å². The first-order valence-corrected chi connectivity index (χ1v) is 7.95. The Balaban J connectivity index is 1.50. The average Bonchev–Trinajstić information content (AvgIpc) is 2.74. The van der Waals surface area contributed by atoms with E-state index in [2.05, 4.69) is 10.3 Å². The number of hydrogen-bond acceptors (Lipinski definition) is 3. The summed E-state index contributed by atoms with van der Waals surface area (Å²) in [5.41, 5.74) is 1.65. The van der Waals surface area contributed by atoms with Crippen LogP contribution in [0.25, 0.3) is 11.1 Å². The van der Waals surface area contributed by atoms with E-state index in [1.165, 1.54) is 25.7 Å². The highest BCUT2D eigenvalue weighted by molar-refractivity contribution is 5.76. The molecule has 0 saturated heterocycles. The van der Waals surface area contributed by atoms with Crippen LogP contribution in [-0.4, -0.2) is 16.9 Å². The average molecular weight is 286 g/mol. The van der Waals surface area contributed by atoms with E-state index in [0.29, 0.717) is 24.8 Å². The molecule has 0 atom stereocenters. The fourth-order valence-corrected chi connectivity index (χ4v) is 2.97. The fraction of sp³-hybridized carbons (Fsp3) is 0.529. The number of para-hydroxylation sites is 2. The van der Waals surface area contributed by atoms with Crippen LogP contribution in [0.2, 0.25) is 0 Å². The zero-order valence-corrected chi connectivity index (χ0v) is 12.3. The predicted octanol–water partition coefficient (Wildman–Crippen LogP) is 3.60. The molecule has 4 nitrogen and oxygen atoms in total. The van der Waals surface area contributed by atoms with Gasteiger partial charge in [0.1, 0.15) is 5.52 Å². The number of rotatable bonds is 4. The minimum atomic E-state index is 0.115. The van der Waals surface area contributed by atoms with Gasteiger partial charge in [0.05, 0.1) is 0 Å². The summed E-state index contributed by atoms with van der Waals surface area (Å²) < 4.78 is 5.64. The van der Waals surface area contributed by atoms with E-state index >= 15 is 0 Å². The molecule has 112 valence electrons. The van der Waals surface area contributed by atoms with Crippen molar-refractivity contribution < 1.29 is 9.21 Å². The summed E-state index contributed by atoms with van der Waals surface area (Å²) in [4.78, 5) is 16.4. The summed E-state index contributed by atoms with van der Waals surface area (Å²) in [6.07, 6.45) is 8.32. The van der Waals surface area contributed by atoms with Gasteiger partial charge in [-0.25, -0.2) is 4.98 Å². The SMILES string of the molecule is O=C(CCc1nc2ccccc2o1)NC1CCCCCC1. The van der Waals surface area contributed by atoms with Crippen molar-refractivity contribution in [2.75, 3.05) is 0 Å². The Morgan fingerprint density at radius 3 is 2.71 bits per heavy atom. The normalized spacial score (nSPS) is 16.8. The fourth-order valence-electron chi connectivity index (χ4n) is 2.97. The largest absolute Gasteiger partial charge is 0.441 e. The molecule has 1 saturated carbocycles. The molecule has 1 aromatic carbocycles. The maximum Gasteiger partial charge on any atom is 0.220 e. The number of oxazole rings is 1. The number of aryl methyl sites for hydroxylation is 1. The quantitative estimate of drug-likeness (QED) is 0.874. The molecule has 3 rings (SSSR count). The van der Waals surface area contributed by atoms with Gasteiger partial charge in [-0.3, -0.25) is 4.79 Å². The molecule has 1 N–H and O–H groups in total. The summed E-state index contributed by atoms with van der Waals surface area (Å²) >= 11 is 0. The van der Waals surface area contributed by atoms with Crippen LogP contribution in [0, 0.1) is 0 Å². The van der Waals surface area contributed by atoms with Crippen LogP contribution in [0.15, 0.2) is 28.7 Å². The number of amides is 1. The van der Waals surface area contributed by atoms with E-state index in [4.69, 9.17) is 4.42 Å². The molecule has 1 fully saturated rings. The first kappa shape index (κ1) is 14.1. The molecular formula is C17H22N2O2. The van der Waals surface area contributed by atoms with E-state index in [1.54, 1.807) is 0 Å². The summed E-state index contributed by atoms with van der Waals surface area (Å²) in [5.74, 6) is 0.761. The van der Waals surface area contributed by atoms with Gasteiger partial charge < -0.3 is 9.73 Å². The van der Waals surface area contributed by atoms with Crippen molar-refractivity contribution >= 4 is 17.0 Å². The lowest BCUT2D eigenvalue weighted by molar-refractivity contribution is -0.121. The Morgan fingerprint density at radius 1 is 1.19 bits per heavy atom. The van der Waals surface area contributed by atoms with Crippen molar-refractivity contribution in [3.05, 3.63) is 30.2 Å². The zero-order valence-electron chi connectivity index (χ0n) is 12.3. The molecule has 0 bridgehead atoms. The molecular weight excluding hydrogens is 264 g/mol. The number of carbonyl (C=O) groups excluding carboxylic acids is 1. The van der Waals surface area contributed by atoms with Gasteiger partial charge in [0.15, 0.2) is 11.5 Å². The molecule has 0 spiro atoms. The molecule has 1 amide bonds. The molecule has 4 heteroatoms. The molecule has 0 radical (unpaired) electrons. The van der Waals surface area contributed by atoms with Crippen molar-refractivity contribution in [3.63, 3.8) is 0 Å². The zero-order chi connectivity index (χ0) is 14.5. The molecule has 1 aromatic heterocycles. The second-order valence-corrected chi connectivity index (χ2v) is 5.83. The number of hydrogen-bond donors (Lipinski definition) is 1. The van der Waals surface area contributed by atoms with Crippen molar-refractivity contribution in [2.24, 2.45) is 0 Å². The van der Waals surface area contributed by atoms with Crippen molar-refractivity contribution in [1.82, 2.24) is 10.3 Å². The van der Waals surface area contributed by atoms with Crippen LogP contribution in [0.4, 0.5) is 0 Å². The highest BCUT2D eigenvalue weighted by Gasteiger charge is 2.15. The van der Waals surface area contributed by atoms with Crippen molar-refractivity contribution in [1.29, 1.82) is 0 Å². The third-order valence-corrected chi connectivity index (χ3v) is 4.12. The molecule has 0 aliphatic heterocycles. The Kier molecular flexibility index (Phi) is 4.53. The smallest absolute Gasteiger partial charge is 0.220 e. The van der Waals surface area contributed by atoms with Gasteiger partial charge in [-0.1, -0.05) is 37.8 Å². The first-order valence-electron chi connectivity index (χ1n) is 7.95. The number of nitrogens with one attached hydrogen (secondary N) is 1. The van der Waals surface area contributed by atoms with Gasteiger partial charge in [-0.05, 0) is 25.0 Å². The number of benzene rings is 1. The maximum atomic E-state index is 12.0. The van der Waals surface area contributed by atoms with Gasteiger partial charge in [0.2, 0.25) is 5.91 Å². The van der Waals surface area contributed by atoms with Gasteiger partial charge in [-0.15, -0.1) is 0 Å². The van der Waals surface area contributed by atoms with Gasteiger partial charge in [-0.2, -0.15) is 0 Å². The second kappa shape index (κ2) is 6.74. The highest BCUT2D eigenvalue weighted by atomic mass is 16.3. The minimum absolute atomic E-state index is 0.115. The number of fused-ring (bicyclic) bond motifs is 1. The molecule has 1 aliphatic carbocycles. The van der Waals surface area contributed by atoms with Crippen LogP contribution in [0.3, 0.4) is 0 Å². The Morgan fingerprint density at radius 2 is 1.95 bits per heavy atom. The number of aromatic nitrogens is 1. The first-order chi connectivity index (χ1) is 10.3. The van der Waals surface area contributed by atoms with E-state index in [0.717, 1.165) is 23.9 Å². The lowest BCUT2D eigenvalue weighted by atomic mass is 10.1. The Labute approximate surface area is 124 Å². The third-order valence-electron chi connectivity index (χ3n) is 4.12. The van der Waals surface area contributed by atoms with Gasteiger partial charge >= 0.3 is 0 Å². The summed E-state index contributed by atoms with van der Waals surface area (Å²) in [7, 11) is 0. The van der Waals surface area contributed by atoms with Crippen LogP contribution < -0.4 is 5.32 Å². The van der Waals surface area contributed by atoms with E-state index < -0.39 is 0 Å². The van der Waals surface area contributed by atoms with Crippen LogP contribution in [0.5, 0.6) is 0 Å². The lowest BCUT2D eigenvalue weighted by Gasteiger charge is -2.15. The van der Waals surface area contributed by atoms with E-state index in [-0.39, 0.29) is 5.91 Å². The van der Waals surface area contributed by atoms with Crippen molar-refractivity contribution in [3.8, 4) is 0 Å². The topological polar surface area (TPSA) is 55.1 Å². The van der Waals surface area contributed by atoms with E-state index in [1.807, 2.05) is 24.3 Å². The molecule has 2 aromatic rings. The molecule has 1 heterocycles. The standard InChI is InChI=1S/C17H22N2O2/c20-16(18-13-7-3-1-2-4-8-13)11-12-17-19-14-9-5-6-10-15(14)21-17/h5-6,9-10,13H,1-4,7-8,11-12H2,(H,18,20). The molecule has 21 heavy (non-hydrogen) atoms. The third kappa shape index (κ3) is 3.84. The Hall–Kier alpha value is -1.84. The number of carbonyl (C=O) groups is 1. The summed E-state index contributed by atoms with van der Waals surface area (Å²) in [6, 6.07) is 8.05. The molecule has 0 unspecified atom stereocenters. The summed E-state index contributed by atoms with van der Waals surface area (Å²) in [5, 5.41) is 3.15. The van der Waals surface area contributed by atoms with Crippen LogP contribution >= 0.6 is 0 Å². The Bertz CT molecular complexity index is 565. The monoisotopic (exact) mass is 286 g/mol. The molecule has 1 aliphatic rings. The second-order valence-electron chi connectivity index (χ2n) is 5.83. The maximum absolute atomic E-state index is 12.0.